The van der Waals surface area contributed by atoms with Crippen molar-refractivity contribution in [3.05, 3.63) is 16.9 Å². The second-order valence-electron chi connectivity index (χ2n) is 4.67. The smallest absolute Gasteiger partial charge is 0.225 e. The number of hydrogen-bond acceptors (Lipinski definition) is 4. The van der Waals surface area contributed by atoms with Gasteiger partial charge >= 0.3 is 0 Å². The van der Waals surface area contributed by atoms with E-state index in [1.807, 2.05) is 0 Å². The summed E-state index contributed by atoms with van der Waals surface area (Å²) in [5.41, 5.74) is 0. The molecular weight excluding hydrogens is 270 g/mol. The Balaban J connectivity index is 1.76. The van der Waals surface area contributed by atoms with Crippen LogP contribution in [0.4, 0.5) is 5.95 Å². The van der Waals surface area contributed by atoms with Gasteiger partial charge in [0.15, 0.2) is 0 Å². The largest absolute Gasteiger partial charge is 0.393 e. The lowest BCUT2D eigenvalue weighted by Gasteiger charge is -2.17. The highest BCUT2D eigenvalue weighted by Gasteiger charge is 2.42. The van der Waals surface area contributed by atoms with E-state index in [0.29, 0.717) is 11.8 Å². The lowest BCUT2D eigenvalue weighted by molar-refractivity contribution is 0.133. The van der Waals surface area contributed by atoms with Crippen molar-refractivity contribution in [3.63, 3.8) is 0 Å². The van der Waals surface area contributed by atoms with E-state index in [9.17, 15) is 5.11 Å². The zero-order chi connectivity index (χ0) is 11.1. The number of aromatic nitrogens is 2. The van der Waals surface area contributed by atoms with Gasteiger partial charge in [-0.1, -0.05) is 0 Å². The maximum absolute atomic E-state index is 9.83. The number of fused-ring (bicyclic) bond motifs is 1. The quantitative estimate of drug-likeness (QED) is 0.848. The van der Waals surface area contributed by atoms with Crippen molar-refractivity contribution < 1.29 is 5.11 Å². The van der Waals surface area contributed by atoms with Crippen molar-refractivity contribution >= 4 is 21.9 Å². The lowest BCUT2D eigenvalue weighted by atomic mass is 10.00. The van der Waals surface area contributed by atoms with E-state index in [-0.39, 0.29) is 6.10 Å². The summed E-state index contributed by atoms with van der Waals surface area (Å²) < 4.78 is 0.899. The number of aliphatic hydroxyl groups is 1. The molecule has 5 heteroatoms. The number of anilines is 1. The zero-order valence-corrected chi connectivity index (χ0v) is 10.5. The summed E-state index contributed by atoms with van der Waals surface area (Å²) in [6.45, 7) is 1.89. The van der Waals surface area contributed by atoms with Gasteiger partial charge in [0.1, 0.15) is 0 Å². The van der Waals surface area contributed by atoms with Crippen LogP contribution in [-0.4, -0.2) is 34.3 Å². The standard InChI is InChI=1S/C11H14BrN3O/c12-8-3-13-11(14-4-8)15-5-7-1-2-10(16)9(7)6-15/h3-4,7,9-10,16H,1-2,5-6H2. The van der Waals surface area contributed by atoms with Crippen LogP contribution in [0.1, 0.15) is 12.8 Å². The Labute approximate surface area is 103 Å². The Bertz CT molecular complexity index is 383. The van der Waals surface area contributed by atoms with E-state index in [1.54, 1.807) is 12.4 Å². The van der Waals surface area contributed by atoms with Crippen LogP contribution >= 0.6 is 15.9 Å². The third-order valence-corrected chi connectivity index (χ3v) is 4.12. The van der Waals surface area contributed by atoms with Gasteiger partial charge in [0.2, 0.25) is 5.95 Å². The molecule has 3 unspecified atom stereocenters. The number of rotatable bonds is 1. The Hall–Kier alpha value is -0.680. The molecule has 0 radical (unpaired) electrons. The molecule has 2 aliphatic rings. The van der Waals surface area contributed by atoms with Crippen molar-refractivity contribution in [1.82, 2.24) is 9.97 Å². The summed E-state index contributed by atoms with van der Waals surface area (Å²) in [5.74, 6) is 1.83. The van der Waals surface area contributed by atoms with E-state index in [0.717, 1.165) is 36.4 Å². The molecule has 86 valence electrons. The number of hydrogen-bond donors (Lipinski definition) is 1. The van der Waals surface area contributed by atoms with Crippen LogP contribution in [0.5, 0.6) is 0 Å². The molecule has 16 heavy (non-hydrogen) atoms. The summed E-state index contributed by atoms with van der Waals surface area (Å²) >= 11 is 3.33. The third-order valence-electron chi connectivity index (χ3n) is 3.71. The molecule has 3 atom stereocenters. The van der Waals surface area contributed by atoms with E-state index in [4.69, 9.17) is 0 Å². The highest BCUT2D eigenvalue weighted by atomic mass is 79.9. The number of nitrogens with zero attached hydrogens (tertiary/aromatic N) is 3. The number of halogens is 1. The highest BCUT2D eigenvalue weighted by molar-refractivity contribution is 9.10. The third kappa shape index (κ3) is 1.72. The van der Waals surface area contributed by atoms with E-state index in [2.05, 4.69) is 30.8 Å². The molecule has 1 aromatic heterocycles. The molecule has 3 rings (SSSR count). The fourth-order valence-electron chi connectivity index (χ4n) is 2.87. The summed E-state index contributed by atoms with van der Waals surface area (Å²) in [7, 11) is 0. The van der Waals surface area contributed by atoms with Crippen molar-refractivity contribution in [3.8, 4) is 0 Å². The molecule has 0 spiro atoms. The molecule has 1 aliphatic carbocycles. The molecule has 0 amide bonds. The fourth-order valence-corrected chi connectivity index (χ4v) is 3.07. The van der Waals surface area contributed by atoms with Gasteiger partial charge in [-0.15, -0.1) is 0 Å². The summed E-state index contributed by atoms with van der Waals surface area (Å²) in [6.07, 6.45) is 5.52. The normalized spacial score (nSPS) is 33.1. The van der Waals surface area contributed by atoms with E-state index >= 15 is 0 Å². The SMILES string of the molecule is OC1CCC2CN(c3ncc(Br)cn3)CC12. The minimum absolute atomic E-state index is 0.120. The molecule has 4 nitrogen and oxygen atoms in total. The summed E-state index contributed by atoms with van der Waals surface area (Å²) in [5, 5.41) is 9.83. The summed E-state index contributed by atoms with van der Waals surface area (Å²) in [4.78, 5) is 10.8. The second kappa shape index (κ2) is 3.96. The van der Waals surface area contributed by atoms with Crippen LogP contribution in [0.25, 0.3) is 0 Å². The van der Waals surface area contributed by atoms with Crippen LogP contribution in [0.2, 0.25) is 0 Å². The Morgan fingerprint density at radius 2 is 2.00 bits per heavy atom. The molecule has 1 aromatic rings. The maximum atomic E-state index is 9.83. The van der Waals surface area contributed by atoms with Crippen molar-refractivity contribution in [2.75, 3.05) is 18.0 Å². The molecule has 0 aromatic carbocycles. The first-order valence-electron chi connectivity index (χ1n) is 5.64. The van der Waals surface area contributed by atoms with Gasteiger partial charge in [-0.3, -0.25) is 0 Å². The van der Waals surface area contributed by atoms with Crippen LogP contribution in [0, 0.1) is 11.8 Å². The van der Waals surface area contributed by atoms with Gasteiger partial charge in [-0.25, -0.2) is 9.97 Å². The molecule has 1 N–H and O–H groups in total. The predicted molar refractivity (Wildman–Crippen MR) is 64.2 cm³/mol. The first-order valence-corrected chi connectivity index (χ1v) is 6.44. The Morgan fingerprint density at radius 1 is 1.25 bits per heavy atom. The summed E-state index contributed by atoms with van der Waals surface area (Å²) in [6, 6.07) is 0. The van der Waals surface area contributed by atoms with Crippen LogP contribution in [-0.2, 0) is 0 Å². The Kier molecular flexibility index (Phi) is 2.59. The highest BCUT2D eigenvalue weighted by Crippen LogP contribution is 2.38. The lowest BCUT2D eigenvalue weighted by Crippen LogP contribution is -2.25. The van der Waals surface area contributed by atoms with Gasteiger partial charge in [0.05, 0.1) is 10.6 Å². The monoisotopic (exact) mass is 283 g/mol. The van der Waals surface area contributed by atoms with Gasteiger partial charge in [0.25, 0.3) is 0 Å². The second-order valence-corrected chi connectivity index (χ2v) is 5.59. The van der Waals surface area contributed by atoms with E-state index in [1.165, 1.54) is 0 Å². The molecule has 0 bridgehead atoms. The maximum Gasteiger partial charge on any atom is 0.225 e. The molecule has 1 saturated carbocycles. The first-order chi connectivity index (χ1) is 7.74. The van der Waals surface area contributed by atoms with Crippen LogP contribution in [0.15, 0.2) is 16.9 Å². The van der Waals surface area contributed by atoms with E-state index < -0.39 is 0 Å². The number of aliphatic hydroxyl groups excluding tert-OH is 1. The van der Waals surface area contributed by atoms with Crippen LogP contribution < -0.4 is 4.90 Å². The van der Waals surface area contributed by atoms with Gasteiger partial charge in [-0.2, -0.15) is 0 Å². The molecule has 1 aliphatic heterocycles. The van der Waals surface area contributed by atoms with Crippen molar-refractivity contribution in [1.29, 1.82) is 0 Å². The minimum Gasteiger partial charge on any atom is -0.393 e. The molecule has 1 saturated heterocycles. The van der Waals surface area contributed by atoms with Gasteiger partial charge in [-0.05, 0) is 34.7 Å². The van der Waals surface area contributed by atoms with Crippen molar-refractivity contribution in [2.45, 2.75) is 18.9 Å². The molecular formula is C11H14BrN3O. The molecule has 2 fully saturated rings. The predicted octanol–water partition coefficient (Wildman–Crippen LogP) is 1.45. The van der Waals surface area contributed by atoms with Crippen molar-refractivity contribution in [2.24, 2.45) is 11.8 Å². The fraction of sp³-hybridized carbons (Fsp3) is 0.636. The van der Waals surface area contributed by atoms with Crippen LogP contribution in [0.3, 0.4) is 0 Å². The Morgan fingerprint density at radius 3 is 2.69 bits per heavy atom. The van der Waals surface area contributed by atoms with Gasteiger partial charge in [0, 0.05) is 31.4 Å². The van der Waals surface area contributed by atoms with Gasteiger partial charge < -0.3 is 10.0 Å². The first kappa shape index (κ1) is 10.5. The average Bonchev–Trinajstić information content (AvgIpc) is 2.83. The zero-order valence-electron chi connectivity index (χ0n) is 8.88. The molecule has 2 heterocycles. The average molecular weight is 284 g/mol. The minimum atomic E-state index is -0.120. The topological polar surface area (TPSA) is 49.2 Å².